The van der Waals surface area contributed by atoms with Crippen molar-refractivity contribution < 1.29 is 4.79 Å². The molecule has 0 radical (unpaired) electrons. The minimum atomic E-state index is 0.0300. The SMILES string of the molecule is CCN(C(C)=O)c1nc(CN[C@@H]2CCc3ncnn3C2)cs1. The number of anilines is 1. The van der Waals surface area contributed by atoms with Crippen molar-refractivity contribution in [1.82, 2.24) is 25.1 Å². The second kappa shape index (κ2) is 6.53. The van der Waals surface area contributed by atoms with Crippen LogP contribution >= 0.6 is 11.3 Å². The van der Waals surface area contributed by atoms with Gasteiger partial charge in [-0.15, -0.1) is 11.3 Å². The number of carbonyl (C=O) groups excluding carboxylic acids is 1. The Kier molecular flexibility index (Phi) is 4.49. The molecule has 1 aliphatic heterocycles. The van der Waals surface area contributed by atoms with Crippen LogP contribution in [0.5, 0.6) is 0 Å². The maximum absolute atomic E-state index is 11.5. The van der Waals surface area contributed by atoms with Crippen LogP contribution in [0.4, 0.5) is 5.13 Å². The lowest BCUT2D eigenvalue weighted by Gasteiger charge is -2.23. The molecule has 0 unspecified atom stereocenters. The van der Waals surface area contributed by atoms with Gasteiger partial charge < -0.3 is 5.32 Å². The van der Waals surface area contributed by atoms with Crippen molar-refractivity contribution in [3.63, 3.8) is 0 Å². The van der Waals surface area contributed by atoms with Crippen molar-refractivity contribution in [1.29, 1.82) is 0 Å². The third-order valence-corrected chi connectivity index (χ3v) is 4.76. The number of aromatic nitrogens is 4. The van der Waals surface area contributed by atoms with Gasteiger partial charge in [0.25, 0.3) is 0 Å². The molecule has 0 fully saturated rings. The molecule has 0 bridgehead atoms. The van der Waals surface area contributed by atoms with E-state index in [4.69, 9.17) is 0 Å². The van der Waals surface area contributed by atoms with Gasteiger partial charge in [-0.1, -0.05) is 0 Å². The highest BCUT2D eigenvalue weighted by Crippen LogP contribution is 2.21. The third-order valence-electron chi connectivity index (χ3n) is 3.84. The Labute approximate surface area is 133 Å². The zero-order chi connectivity index (χ0) is 15.5. The Hall–Kier alpha value is -1.80. The predicted molar refractivity (Wildman–Crippen MR) is 84.8 cm³/mol. The van der Waals surface area contributed by atoms with E-state index in [1.807, 2.05) is 17.0 Å². The summed E-state index contributed by atoms with van der Waals surface area (Å²) in [5, 5.41) is 10.5. The molecule has 1 atom stereocenters. The van der Waals surface area contributed by atoms with Crippen LogP contribution in [0.2, 0.25) is 0 Å². The number of rotatable bonds is 5. The highest BCUT2D eigenvalue weighted by atomic mass is 32.1. The first-order valence-corrected chi connectivity index (χ1v) is 8.38. The van der Waals surface area contributed by atoms with E-state index in [1.54, 1.807) is 18.2 Å². The molecular formula is C14H20N6OS. The Morgan fingerprint density at radius 1 is 1.59 bits per heavy atom. The fourth-order valence-electron chi connectivity index (χ4n) is 2.65. The van der Waals surface area contributed by atoms with Gasteiger partial charge >= 0.3 is 0 Å². The first-order valence-electron chi connectivity index (χ1n) is 7.50. The normalized spacial score (nSPS) is 17.3. The first-order chi connectivity index (χ1) is 10.7. The third kappa shape index (κ3) is 3.17. The van der Waals surface area contributed by atoms with E-state index in [1.165, 1.54) is 11.3 Å². The van der Waals surface area contributed by atoms with E-state index in [-0.39, 0.29) is 5.91 Å². The molecular weight excluding hydrogens is 300 g/mol. The fourth-order valence-corrected chi connectivity index (χ4v) is 3.58. The van der Waals surface area contributed by atoms with Crippen LogP contribution in [0.3, 0.4) is 0 Å². The number of thiazole rings is 1. The van der Waals surface area contributed by atoms with Crippen molar-refractivity contribution in [3.8, 4) is 0 Å². The minimum absolute atomic E-state index is 0.0300. The minimum Gasteiger partial charge on any atom is -0.306 e. The molecule has 8 heteroatoms. The average molecular weight is 320 g/mol. The highest BCUT2D eigenvalue weighted by Gasteiger charge is 2.20. The van der Waals surface area contributed by atoms with Crippen LogP contribution in [0, 0.1) is 0 Å². The molecule has 1 amide bonds. The molecule has 118 valence electrons. The van der Waals surface area contributed by atoms with Gasteiger partial charge in [-0.25, -0.2) is 14.6 Å². The van der Waals surface area contributed by atoms with Gasteiger partial charge in [0.2, 0.25) is 5.91 Å². The quantitative estimate of drug-likeness (QED) is 0.896. The standard InChI is InChI=1S/C14H20N6OS/c1-3-19(10(2)21)14-18-12(8-22-14)6-15-11-4-5-13-16-9-17-20(13)7-11/h8-9,11,15H,3-7H2,1-2H3/t11-/m1/s1. The van der Waals surface area contributed by atoms with Crippen LogP contribution in [-0.2, 0) is 24.3 Å². The smallest absolute Gasteiger partial charge is 0.225 e. The molecule has 1 N–H and O–H groups in total. The molecule has 2 aromatic rings. The Morgan fingerprint density at radius 3 is 3.23 bits per heavy atom. The molecule has 7 nitrogen and oxygen atoms in total. The van der Waals surface area contributed by atoms with Gasteiger partial charge in [-0.3, -0.25) is 9.69 Å². The molecule has 1 aliphatic rings. The molecule has 3 heterocycles. The summed E-state index contributed by atoms with van der Waals surface area (Å²) in [5.41, 5.74) is 0.976. The maximum Gasteiger partial charge on any atom is 0.225 e. The summed E-state index contributed by atoms with van der Waals surface area (Å²) in [6.07, 6.45) is 3.63. The second-order valence-corrected chi connectivity index (χ2v) is 6.20. The molecule has 3 rings (SSSR count). The largest absolute Gasteiger partial charge is 0.306 e. The number of nitrogens with zero attached hydrogens (tertiary/aromatic N) is 5. The summed E-state index contributed by atoms with van der Waals surface area (Å²) in [6, 6.07) is 0.384. The number of nitrogens with one attached hydrogen (secondary N) is 1. The zero-order valence-electron chi connectivity index (χ0n) is 12.8. The van der Waals surface area contributed by atoms with Crippen molar-refractivity contribution >= 4 is 22.4 Å². The molecule has 2 aromatic heterocycles. The van der Waals surface area contributed by atoms with Gasteiger partial charge in [0.1, 0.15) is 12.2 Å². The summed E-state index contributed by atoms with van der Waals surface area (Å²) >= 11 is 1.51. The van der Waals surface area contributed by atoms with Gasteiger partial charge in [-0.05, 0) is 13.3 Å². The number of amides is 1. The molecule has 22 heavy (non-hydrogen) atoms. The summed E-state index contributed by atoms with van der Waals surface area (Å²) in [6.45, 7) is 5.73. The summed E-state index contributed by atoms with van der Waals surface area (Å²) in [7, 11) is 0. The van der Waals surface area contributed by atoms with Crippen LogP contribution in [0.25, 0.3) is 0 Å². The van der Waals surface area contributed by atoms with E-state index >= 15 is 0 Å². The van der Waals surface area contributed by atoms with E-state index in [2.05, 4.69) is 20.4 Å². The number of carbonyl (C=O) groups is 1. The summed E-state index contributed by atoms with van der Waals surface area (Å²) in [4.78, 5) is 22.0. The zero-order valence-corrected chi connectivity index (χ0v) is 13.6. The van der Waals surface area contributed by atoms with Crippen LogP contribution in [0.15, 0.2) is 11.7 Å². The lowest BCUT2D eigenvalue weighted by atomic mass is 10.1. The number of aryl methyl sites for hydroxylation is 1. The van der Waals surface area contributed by atoms with Crippen LogP contribution in [0.1, 0.15) is 31.8 Å². The summed E-state index contributed by atoms with van der Waals surface area (Å²) in [5.74, 6) is 1.09. The number of hydrogen-bond donors (Lipinski definition) is 1. The van der Waals surface area contributed by atoms with Gasteiger partial charge in [0, 0.05) is 37.9 Å². The number of hydrogen-bond acceptors (Lipinski definition) is 6. The predicted octanol–water partition coefficient (Wildman–Crippen LogP) is 1.21. The van der Waals surface area contributed by atoms with Gasteiger partial charge in [0.05, 0.1) is 12.2 Å². The monoisotopic (exact) mass is 320 g/mol. The van der Waals surface area contributed by atoms with E-state index in [0.717, 1.165) is 36.0 Å². The molecule has 0 aliphatic carbocycles. The van der Waals surface area contributed by atoms with Crippen molar-refractivity contribution in [3.05, 3.63) is 23.2 Å². The molecule has 0 aromatic carbocycles. The molecule has 0 saturated carbocycles. The summed E-state index contributed by atoms with van der Waals surface area (Å²) < 4.78 is 1.96. The van der Waals surface area contributed by atoms with E-state index in [0.29, 0.717) is 19.1 Å². The van der Waals surface area contributed by atoms with Crippen molar-refractivity contribution in [2.24, 2.45) is 0 Å². The Balaban J connectivity index is 1.56. The van der Waals surface area contributed by atoms with Gasteiger partial charge in [-0.2, -0.15) is 5.10 Å². The highest BCUT2D eigenvalue weighted by molar-refractivity contribution is 7.14. The molecule has 0 spiro atoms. The average Bonchev–Trinajstić information content (AvgIpc) is 3.14. The Bertz CT molecular complexity index is 651. The maximum atomic E-state index is 11.5. The fraction of sp³-hybridized carbons (Fsp3) is 0.571. The topological polar surface area (TPSA) is 75.9 Å². The first kappa shape index (κ1) is 15.1. The van der Waals surface area contributed by atoms with Gasteiger partial charge in [0.15, 0.2) is 5.13 Å². The van der Waals surface area contributed by atoms with Crippen molar-refractivity contribution in [2.75, 3.05) is 11.4 Å². The van der Waals surface area contributed by atoms with E-state index in [9.17, 15) is 4.79 Å². The van der Waals surface area contributed by atoms with Crippen molar-refractivity contribution in [2.45, 2.75) is 45.8 Å². The van der Waals surface area contributed by atoms with Crippen LogP contribution < -0.4 is 10.2 Å². The van der Waals surface area contributed by atoms with E-state index < -0.39 is 0 Å². The Morgan fingerprint density at radius 2 is 2.45 bits per heavy atom. The number of fused-ring (bicyclic) bond motifs is 1. The van der Waals surface area contributed by atoms with Crippen LogP contribution in [-0.4, -0.2) is 38.2 Å². The second-order valence-electron chi connectivity index (χ2n) is 5.36. The molecule has 0 saturated heterocycles. The lowest BCUT2D eigenvalue weighted by molar-refractivity contribution is -0.116. The lowest BCUT2D eigenvalue weighted by Crippen LogP contribution is -2.37.